The summed E-state index contributed by atoms with van der Waals surface area (Å²) in [5.74, 6) is 3.65. The van der Waals surface area contributed by atoms with E-state index in [0.29, 0.717) is 42.7 Å². The molecule has 2 saturated heterocycles. The molecule has 9 heteroatoms. The molecule has 1 aromatic carbocycles. The maximum absolute atomic E-state index is 5.97. The van der Waals surface area contributed by atoms with E-state index >= 15 is 0 Å². The first-order valence-electron chi connectivity index (χ1n) is 11.2. The lowest BCUT2D eigenvalue weighted by Gasteiger charge is -2.36. The quantitative estimate of drug-likeness (QED) is 0.632. The molecule has 2 N–H and O–H groups in total. The molecule has 4 rings (SSSR count). The van der Waals surface area contributed by atoms with Crippen LogP contribution in [-0.2, 0) is 11.3 Å². The lowest BCUT2D eigenvalue weighted by molar-refractivity contribution is 0.122. The Hall–Kier alpha value is -2.16. The van der Waals surface area contributed by atoms with E-state index in [1.165, 1.54) is 6.42 Å². The number of benzene rings is 1. The van der Waals surface area contributed by atoms with Crippen molar-refractivity contribution >= 4 is 46.5 Å². The van der Waals surface area contributed by atoms with Crippen LogP contribution in [0, 0.1) is 11.8 Å². The molecule has 0 aliphatic carbocycles. The topological polar surface area (TPSA) is 65.6 Å². The highest BCUT2D eigenvalue weighted by molar-refractivity contribution is 7.80. The number of rotatable bonds is 5. The van der Waals surface area contributed by atoms with Crippen LogP contribution in [0.5, 0.6) is 0 Å². The van der Waals surface area contributed by atoms with Gasteiger partial charge in [-0.1, -0.05) is 37.6 Å². The average Bonchev–Trinajstić information content (AvgIpc) is 2.78. The Morgan fingerprint density at radius 3 is 2.34 bits per heavy atom. The van der Waals surface area contributed by atoms with Gasteiger partial charge in [0.05, 0.1) is 13.2 Å². The van der Waals surface area contributed by atoms with Crippen LogP contribution in [-0.4, -0.2) is 54.5 Å². The van der Waals surface area contributed by atoms with Gasteiger partial charge in [0, 0.05) is 43.8 Å². The zero-order valence-electron chi connectivity index (χ0n) is 18.7. The smallest absolute Gasteiger partial charge is 0.232 e. The number of ether oxygens (including phenoxy) is 1. The summed E-state index contributed by atoms with van der Waals surface area (Å²) >= 11 is 11.5. The van der Waals surface area contributed by atoms with E-state index in [0.717, 1.165) is 48.4 Å². The van der Waals surface area contributed by atoms with Crippen molar-refractivity contribution in [3.63, 3.8) is 0 Å². The molecular formula is C23H31ClN6OS. The second kappa shape index (κ2) is 10.6. The van der Waals surface area contributed by atoms with Crippen LogP contribution in [0.3, 0.4) is 0 Å². The number of piperidine rings is 1. The molecule has 2 atom stereocenters. The number of aromatic nitrogens is 2. The van der Waals surface area contributed by atoms with E-state index in [2.05, 4.69) is 40.3 Å². The fraction of sp³-hybridized carbons (Fsp3) is 0.522. The van der Waals surface area contributed by atoms with Gasteiger partial charge in [-0.25, -0.2) is 0 Å². The summed E-state index contributed by atoms with van der Waals surface area (Å²) in [6.07, 6.45) is 1.25. The maximum atomic E-state index is 5.97. The molecule has 0 unspecified atom stereocenters. The minimum atomic E-state index is 0.491. The van der Waals surface area contributed by atoms with Gasteiger partial charge >= 0.3 is 0 Å². The van der Waals surface area contributed by atoms with Crippen LogP contribution in [0.15, 0.2) is 30.3 Å². The molecule has 172 valence electrons. The van der Waals surface area contributed by atoms with Gasteiger partial charge in [-0.2, -0.15) is 9.97 Å². The second-order valence-corrected chi connectivity index (χ2v) is 9.64. The molecule has 0 saturated carbocycles. The number of nitrogens with one attached hydrogen (secondary N) is 2. The van der Waals surface area contributed by atoms with Gasteiger partial charge in [0.1, 0.15) is 11.6 Å². The summed E-state index contributed by atoms with van der Waals surface area (Å²) in [5, 5.41) is 7.63. The van der Waals surface area contributed by atoms with Crippen LogP contribution >= 0.6 is 23.8 Å². The lowest BCUT2D eigenvalue weighted by Crippen LogP contribution is -2.40. The normalized spacial score (nSPS) is 21.3. The molecule has 2 aromatic rings. The molecule has 0 bridgehead atoms. The number of hydrogen-bond acceptors (Lipinski definition) is 6. The van der Waals surface area contributed by atoms with Crippen molar-refractivity contribution in [1.82, 2.24) is 15.3 Å². The predicted molar refractivity (Wildman–Crippen MR) is 135 cm³/mol. The first-order valence-corrected chi connectivity index (χ1v) is 12.0. The third-order valence-corrected chi connectivity index (χ3v) is 6.32. The van der Waals surface area contributed by atoms with Crippen LogP contribution in [0.2, 0.25) is 5.02 Å². The van der Waals surface area contributed by atoms with Crippen LogP contribution in [0.1, 0.15) is 25.8 Å². The lowest BCUT2D eigenvalue weighted by atomic mass is 9.92. The van der Waals surface area contributed by atoms with Crippen molar-refractivity contribution in [2.75, 3.05) is 54.5 Å². The van der Waals surface area contributed by atoms with E-state index in [1.807, 2.05) is 24.3 Å². The number of halogens is 1. The Balaban J connectivity index is 1.50. The Kier molecular flexibility index (Phi) is 7.65. The monoisotopic (exact) mass is 474 g/mol. The summed E-state index contributed by atoms with van der Waals surface area (Å²) in [6, 6.07) is 9.80. The van der Waals surface area contributed by atoms with E-state index in [9.17, 15) is 0 Å². The molecule has 0 amide bonds. The fourth-order valence-electron chi connectivity index (χ4n) is 4.37. The van der Waals surface area contributed by atoms with E-state index < -0.39 is 0 Å². The maximum Gasteiger partial charge on any atom is 0.232 e. The van der Waals surface area contributed by atoms with Crippen molar-refractivity contribution in [2.24, 2.45) is 11.8 Å². The summed E-state index contributed by atoms with van der Waals surface area (Å²) < 4.78 is 5.52. The SMILES string of the molecule is C[C@H]1C[C@H](C)CN(c2cc(N3CCOCC3)nc(NC(=S)NCc3ccc(Cl)cc3)n2)C1. The first kappa shape index (κ1) is 23.0. The zero-order valence-corrected chi connectivity index (χ0v) is 20.3. The van der Waals surface area contributed by atoms with Gasteiger partial charge in [-0.3, -0.25) is 0 Å². The van der Waals surface area contributed by atoms with Crippen molar-refractivity contribution in [3.05, 3.63) is 40.9 Å². The fourth-order valence-corrected chi connectivity index (χ4v) is 4.66. The van der Waals surface area contributed by atoms with Gasteiger partial charge in [-0.15, -0.1) is 0 Å². The van der Waals surface area contributed by atoms with E-state index in [4.69, 9.17) is 38.5 Å². The van der Waals surface area contributed by atoms with Crippen molar-refractivity contribution < 1.29 is 4.74 Å². The largest absolute Gasteiger partial charge is 0.378 e. The predicted octanol–water partition coefficient (Wildman–Crippen LogP) is 3.94. The minimum Gasteiger partial charge on any atom is -0.378 e. The molecule has 32 heavy (non-hydrogen) atoms. The number of thiocarbonyl (C=S) groups is 1. The molecule has 0 spiro atoms. The summed E-state index contributed by atoms with van der Waals surface area (Å²) in [5.41, 5.74) is 1.10. The van der Waals surface area contributed by atoms with Crippen molar-refractivity contribution in [1.29, 1.82) is 0 Å². The van der Waals surface area contributed by atoms with Gasteiger partial charge in [-0.05, 0) is 48.2 Å². The molecule has 1 aromatic heterocycles. The van der Waals surface area contributed by atoms with Gasteiger partial charge in [0.2, 0.25) is 5.95 Å². The number of morpholine rings is 1. The van der Waals surface area contributed by atoms with Crippen molar-refractivity contribution in [3.8, 4) is 0 Å². The standard InChI is InChI=1S/C23H31ClN6OS/c1-16-11-17(2)15-30(14-16)21-12-20(29-7-9-31-10-8-29)26-22(27-21)28-23(32)25-13-18-3-5-19(24)6-4-18/h3-6,12,16-17H,7-11,13-15H2,1-2H3,(H2,25,26,27,28,32)/t16-,17-/m0/s1. The molecule has 2 aliphatic heterocycles. The van der Waals surface area contributed by atoms with Crippen LogP contribution in [0.25, 0.3) is 0 Å². The van der Waals surface area contributed by atoms with Crippen LogP contribution < -0.4 is 20.4 Å². The summed E-state index contributed by atoms with van der Waals surface area (Å²) in [4.78, 5) is 14.2. The second-order valence-electron chi connectivity index (χ2n) is 8.79. The highest BCUT2D eigenvalue weighted by Crippen LogP contribution is 2.28. The first-order chi connectivity index (χ1) is 15.5. The Bertz CT molecular complexity index is 911. The third kappa shape index (κ3) is 6.21. The van der Waals surface area contributed by atoms with Gasteiger partial charge < -0.3 is 25.2 Å². The molecule has 0 radical (unpaired) electrons. The number of nitrogens with zero attached hydrogens (tertiary/aromatic N) is 4. The minimum absolute atomic E-state index is 0.491. The van der Waals surface area contributed by atoms with E-state index in [-0.39, 0.29) is 0 Å². The molecular weight excluding hydrogens is 444 g/mol. The third-order valence-electron chi connectivity index (χ3n) is 5.82. The van der Waals surface area contributed by atoms with Gasteiger partial charge in [0.25, 0.3) is 0 Å². The van der Waals surface area contributed by atoms with E-state index in [1.54, 1.807) is 0 Å². The van der Waals surface area contributed by atoms with Crippen LogP contribution in [0.4, 0.5) is 17.6 Å². The molecule has 3 heterocycles. The van der Waals surface area contributed by atoms with Gasteiger partial charge in [0.15, 0.2) is 5.11 Å². The summed E-state index contributed by atoms with van der Waals surface area (Å²) in [6.45, 7) is 10.3. The highest BCUT2D eigenvalue weighted by Gasteiger charge is 2.25. The summed E-state index contributed by atoms with van der Waals surface area (Å²) in [7, 11) is 0. The Morgan fingerprint density at radius 2 is 1.69 bits per heavy atom. The Morgan fingerprint density at radius 1 is 1.06 bits per heavy atom. The number of anilines is 3. The molecule has 7 nitrogen and oxygen atoms in total. The zero-order chi connectivity index (χ0) is 22.5. The highest BCUT2D eigenvalue weighted by atomic mass is 35.5. The Labute approximate surface area is 200 Å². The van der Waals surface area contributed by atoms with Crippen molar-refractivity contribution in [2.45, 2.75) is 26.8 Å². The average molecular weight is 475 g/mol. The molecule has 2 fully saturated rings. The number of hydrogen-bond donors (Lipinski definition) is 2. The molecule has 2 aliphatic rings.